The van der Waals surface area contributed by atoms with Crippen LogP contribution in [0, 0.1) is 11.6 Å². The average molecular weight is 429 g/mol. The molecule has 0 aromatic heterocycles. The number of halogens is 2. The van der Waals surface area contributed by atoms with Gasteiger partial charge in [-0.15, -0.1) is 11.8 Å². The number of hydrogen-bond donors (Lipinski definition) is 1. The number of amides is 1. The number of para-hydroxylation sites is 1. The molecule has 0 radical (unpaired) electrons. The molecule has 3 aromatic carbocycles. The number of carbonyl (C=O) groups is 2. The summed E-state index contributed by atoms with van der Waals surface area (Å²) in [6.45, 7) is 0. The van der Waals surface area contributed by atoms with Gasteiger partial charge in [-0.2, -0.15) is 0 Å². The first-order valence-corrected chi connectivity index (χ1v) is 9.78. The van der Waals surface area contributed by atoms with E-state index < -0.39 is 17.6 Å². The van der Waals surface area contributed by atoms with Crippen LogP contribution in [0.3, 0.4) is 0 Å². The van der Waals surface area contributed by atoms with E-state index in [0.717, 1.165) is 23.9 Å². The molecule has 3 rings (SSSR count). The minimum atomic E-state index is -0.973. The number of methoxy groups -OCH3 is 1. The summed E-state index contributed by atoms with van der Waals surface area (Å²) < 4.78 is 36.5. The highest BCUT2D eigenvalue weighted by atomic mass is 32.2. The average Bonchev–Trinajstić information content (AvgIpc) is 2.76. The molecule has 0 fully saturated rings. The molecule has 154 valence electrons. The summed E-state index contributed by atoms with van der Waals surface area (Å²) in [5.74, 6) is -2.12. The highest BCUT2D eigenvalue weighted by molar-refractivity contribution is 8.00. The van der Waals surface area contributed by atoms with Gasteiger partial charge in [-0.25, -0.2) is 8.78 Å². The van der Waals surface area contributed by atoms with E-state index in [1.807, 2.05) is 0 Å². The Labute approximate surface area is 176 Å². The van der Waals surface area contributed by atoms with Gasteiger partial charge >= 0.3 is 5.97 Å². The number of anilines is 1. The second kappa shape index (κ2) is 9.89. The van der Waals surface area contributed by atoms with Gasteiger partial charge in [-0.05, 0) is 54.6 Å². The molecular weight excluding hydrogens is 412 g/mol. The fourth-order valence-electron chi connectivity index (χ4n) is 2.51. The van der Waals surface area contributed by atoms with Crippen molar-refractivity contribution >= 4 is 29.3 Å². The Morgan fingerprint density at radius 2 is 1.70 bits per heavy atom. The summed E-state index contributed by atoms with van der Waals surface area (Å²) in [6, 6.07) is 16.5. The first kappa shape index (κ1) is 21.3. The standard InChI is InChI=1S/C22H17F2NO4S/c1-28-20-5-3-2-4-17(20)22(27)25-14-6-8-15(9-7-14)29-21(26)13-30-16-10-11-18(23)19(24)12-16/h2-12H,13H2,1H3,(H,25,27). The Morgan fingerprint density at radius 1 is 0.967 bits per heavy atom. The van der Waals surface area contributed by atoms with Gasteiger partial charge in [0.2, 0.25) is 0 Å². The minimum absolute atomic E-state index is 0.0721. The first-order chi connectivity index (χ1) is 14.5. The number of rotatable bonds is 7. The molecule has 0 atom stereocenters. The Bertz CT molecular complexity index is 1060. The van der Waals surface area contributed by atoms with Gasteiger partial charge in [0.05, 0.1) is 18.4 Å². The van der Waals surface area contributed by atoms with Crippen LogP contribution in [0.4, 0.5) is 14.5 Å². The third kappa shape index (κ3) is 5.57. The zero-order valence-electron chi connectivity index (χ0n) is 15.9. The molecule has 8 heteroatoms. The Kier molecular flexibility index (Phi) is 7.03. The number of carbonyl (C=O) groups excluding carboxylic acids is 2. The van der Waals surface area contributed by atoms with Crippen LogP contribution >= 0.6 is 11.8 Å². The third-order valence-corrected chi connectivity index (χ3v) is 4.91. The zero-order valence-corrected chi connectivity index (χ0v) is 16.7. The predicted octanol–water partition coefficient (Wildman–Crippen LogP) is 4.92. The number of benzene rings is 3. The maximum absolute atomic E-state index is 13.2. The molecule has 0 unspecified atom stereocenters. The van der Waals surface area contributed by atoms with E-state index in [4.69, 9.17) is 9.47 Å². The van der Waals surface area contributed by atoms with Crippen LogP contribution in [0.1, 0.15) is 10.4 Å². The monoisotopic (exact) mass is 429 g/mol. The first-order valence-electron chi connectivity index (χ1n) is 8.79. The second-order valence-electron chi connectivity index (χ2n) is 6.02. The second-order valence-corrected chi connectivity index (χ2v) is 7.07. The van der Waals surface area contributed by atoms with Crippen molar-refractivity contribution in [1.82, 2.24) is 0 Å². The Balaban J connectivity index is 1.54. The lowest BCUT2D eigenvalue weighted by molar-refractivity contribution is -0.131. The normalized spacial score (nSPS) is 10.4. The number of hydrogen-bond acceptors (Lipinski definition) is 5. The van der Waals surface area contributed by atoms with E-state index in [1.54, 1.807) is 36.4 Å². The molecule has 0 spiro atoms. The van der Waals surface area contributed by atoms with Crippen molar-refractivity contribution in [3.8, 4) is 11.5 Å². The van der Waals surface area contributed by atoms with Gasteiger partial charge < -0.3 is 14.8 Å². The van der Waals surface area contributed by atoms with Crippen molar-refractivity contribution < 1.29 is 27.8 Å². The lowest BCUT2D eigenvalue weighted by Gasteiger charge is -2.10. The number of nitrogens with one attached hydrogen (secondary N) is 1. The summed E-state index contributed by atoms with van der Waals surface area (Å²) >= 11 is 1.03. The summed E-state index contributed by atoms with van der Waals surface area (Å²) in [6.07, 6.45) is 0. The van der Waals surface area contributed by atoms with E-state index in [0.29, 0.717) is 27.6 Å². The quantitative estimate of drug-likeness (QED) is 0.328. The van der Waals surface area contributed by atoms with Crippen LogP contribution in [0.15, 0.2) is 71.6 Å². The molecule has 1 N–H and O–H groups in total. The molecule has 1 amide bonds. The van der Waals surface area contributed by atoms with Crippen LogP contribution in [-0.2, 0) is 4.79 Å². The van der Waals surface area contributed by atoms with Crippen molar-refractivity contribution in [2.45, 2.75) is 4.90 Å². The largest absolute Gasteiger partial charge is 0.496 e. The SMILES string of the molecule is COc1ccccc1C(=O)Nc1ccc(OC(=O)CSc2ccc(F)c(F)c2)cc1. The topological polar surface area (TPSA) is 64.6 Å². The molecule has 0 aliphatic carbocycles. The molecule has 0 aliphatic rings. The smallest absolute Gasteiger partial charge is 0.321 e. The predicted molar refractivity (Wildman–Crippen MR) is 110 cm³/mol. The molecule has 30 heavy (non-hydrogen) atoms. The zero-order chi connectivity index (χ0) is 21.5. The molecule has 0 heterocycles. The number of ether oxygens (including phenoxy) is 2. The van der Waals surface area contributed by atoms with Gasteiger partial charge in [0.25, 0.3) is 5.91 Å². The molecule has 0 aliphatic heterocycles. The summed E-state index contributed by atoms with van der Waals surface area (Å²) in [5, 5.41) is 2.74. The van der Waals surface area contributed by atoms with Gasteiger partial charge in [-0.1, -0.05) is 12.1 Å². The van der Waals surface area contributed by atoms with E-state index in [-0.39, 0.29) is 11.7 Å². The molecule has 0 saturated heterocycles. The van der Waals surface area contributed by atoms with Gasteiger partial charge in [0, 0.05) is 10.6 Å². The van der Waals surface area contributed by atoms with E-state index in [9.17, 15) is 18.4 Å². The van der Waals surface area contributed by atoms with Crippen LogP contribution in [0.25, 0.3) is 0 Å². The lowest BCUT2D eigenvalue weighted by atomic mass is 10.2. The minimum Gasteiger partial charge on any atom is -0.496 e. The number of thioether (sulfide) groups is 1. The van der Waals surface area contributed by atoms with Crippen molar-refractivity contribution in [1.29, 1.82) is 0 Å². The highest BCUT2D eigenvalue weighted by Gasteiger charge is 2.12. The molecular formula is C22H17F2NO4S. The van der Waals surface area contributed by atoms with Crippen molar-refractivity contribution in [2.75, 3.05) is 18.2 Å². The third-order valence-electron chi connectivity index (χ3n) is 3.94. The van der Waals surface area contributed by atoms with Gasteiger partial charge in [0.1, 0.15) is 11.5 Å². The van der Waals surface area contributed by atoms with E-state index in [2.05, 4.69) is 5.32 Å². The van der Waals surface area contributed by atoms with Crippen LogP contribution in [0.5, 0.6) is 11.5 Å². The number of esters is 1. The highest BCUT2D eigenvalue weighted by Crippen LogP contribution is 2.23. The van der Waals surface area contributed by atoms with Crippen LogP contribution in [0.2, 0.25) is 0 Å². The summed E-state index contributed by atoms with van der Waals surface area (Å²) in [4.78, 5) is 24.8. The van der Waals surface area contributed by atoms with Crippen LogP contribution < -0.4 is 14.8 Å². The summed E-state index contributed by atoms with van der Waals surface area (Å²) in [7, 11) is 1.49. The fourth-order valence-corrected chi connectivity index (χ4v) is 3.20. The Morgan fingerprint density at radius 3 is 2.40 bits per heavy atom. The molecule has 0 bridgehead atoms. The summed E-state index contributed by atoms with van der Waals surface area (Å²) in [5.41, 5.74) is 0.909. The molecule has 5 nitrogen and oxygen atoms in total. The van der Waals surface area contributed by atoms with E-state index >= 15 is 0 Å². The van der Waals surface area contributed by atoms with Crippen molar-refractivity contribution in [3.63, 3.8) is 0 Å². The van der Waals surface area contributed by atoms with Crippen molar-refractivity contribution in [3.05, 3.63) is 83.9 Å². The maximum atomic E-state index is 13.2. The Hall–Kier alpha value is -3.39. The maximum Gasteiger partial charge on any atom is 0.321 e. The lowest BCUT2D eigenvalue weighted by Crippen LogP contribution is -2.13. The van der Waals surface area contributed by atoms with Gasteiger partial charge in [-0.3, -0.25) is 9.59 Å². The van der Waals surface area contributed by atoms with Crippen molar-refractivity contribution in [2.24, 2.45) is 0 Å². The van der Waals surface area contributed by atoms with Crippen LogP contribution in [-0.4, -0.2) is 24.7 Å². The fraction of sp³-hybridized carbons (Fsp3) is 0.0909. The van der Waals surface area contributed by atoms with Gasteiger partial charge in [0.15, 0.2) is 11.6 Å². The molecule has 0 saturated carbocycles. The van der Waals surface area contributed by atoms with E-state index in [1.165, 1.54) is 25.3 Å². The molecule has 3 aromatic rings.